The first-order valence-corrected chi connectivity index (χ1v) is 6.27. The fourth-order valence-corrected chi connectivity index (χ4v) is 2.15. The topological polar surface area (TPSA) is 96.7 Å². The molecule has 18 heavy (non-hydrogen) atoms. The number of aromatic nitrogens is 3. The smallest absolute Gasteiger partial charge is 0.282 e. The molecule has 2 aromatic rings. The highest BCUT2D eigenvalue weighted by Crippen LogP contribution is 2.23. The molecule has 0 radical (unpaired) electrons. The van der Waals surface area contributed by atoms with E-state index in [1.807, 2.05) is 22.6 Å². The lowest BCUT2D eigenvalue weighted by Crippen LogP contribution is -2.06. The second kappa shape index (κ2) is 5.76. The molecule has 0 unspecified atom stereocenters. The second-order valence-electron chi connectivity index (χ2n) is 3.53. The van der Waals surface area contributed by atoms with Crippen LogP contribution in [0.1, 0.15) is 5.82 Å². The molecule has 0 atom stereocenters. The van der Waals surface area contributed by atoms with Gasteiger partial charge >= 0.3 is 0 Å². The van der Waals surface area contributed by atoms with Gasteiger partial charge in [0, 0.05) is 24.7 Å². The average Bonchev–Trinajstić information content (AvgIpc) is 2.81. The van der Waals surface area contributed by atoms with Crippen molar-refractivity contribution in [3.63, 3.8) is 0 Å². The van der Waals surface area contributed by atoms with E-state index in [0.29, 0.717) is 16.5 Å². The molecule has 1 heterocycles. The molecule has 94 valence electrons. The summed E-state index contributed by atoms with van der Waals surface area (Å²) in [5.41, 5.74) is 0.973. The van der Waals surface area contributed by atoms with E-state index in [1.165, 1.54) is 12.4 Å². The van der Waals surface area contributed by atoms with Gasteiger partial charge in [0.2, 0.25) is 0 Å². The van der Waals surface area contributed by atoms with E-state index >= 15 is 0 Å². The van der Waals surface area contributed by atoms with Gasteiger partial charge in [-0.05, 0) is 34.7 Å². The number of halogens is 1. The zero-order valence-electron chi connectivity index (χ0n) is 9.26. The molecule has 2 rings (SSSR count). The molecule has 0 aliphatic rings. The number of hydrogen-bond acceptors (Lipinski definition) is 5. The highest BCUT2D eigenvalue weighted by atomic mass is 127. The van der Waals surface area contributed by atoms with E-state index in [1.54, 1.807) is 12.1 Å². The zero-order valence-corrected chi connectivity index (χ0v) is 11.4. The Morgan fingerprint density at radius 1 is 1.50 bits per heavy atom. The van der Waals surface area contributed by atoms with Gasteiger partial charge < -0.3 is 5.32 Å². The molecular weight excluding hydrogens is 349 g/mol. The van der Waals surface area contributed by atoms with Crippen LogP contribution in [0, 0.1) is 13.7 Å². The van der Waals surface area contributed by atoms with Gasteiger partial charge in [0.1, 0.15) is 12.2 Å². The summed E-state index contributed by atoms with van der Waals surface area (Å²) in [7, 11) is 0. The summed E-state index contributed by atoms with van der Waals surface area (Å²) >= 11 is 1.95. The normalized spacial score (nSPS) is 10.3. The first-order valence-electron chi connectivity index (χ1n) is 5.19. The van der Waals surface area contributed by atoms with Crippen LogP contribution >= 0.6 is 22.6 Å². The molecule has 0 aliphatic heterocycles. The van der Waals surface area contributed by atoms with Gasteiger partial charge in [-0.15, -0.1) is 0 Å². The number of rotatable bonds is 5. The van der Waals surface area contributed by atoms with Crippen LogP contribution < -0.4 is 5.32 Å². The Morgan fingerprint density at radius 2 is 2.33 bits per heavy atom. The quantitative estimate of drug-likeness (QED) is 0.483. The van der Waals surface area contributed by atoms with Crippen LogP contribution in [0.15, 0.2) is 24.5 Å². The molecule has 0 aliphatic carbocycles. The Morgan fingerprint density at radius 3 is 2.94 bits per heavy atom. The van der Waals surface area contributed by atoms with Crippen LogP contribution in [0.4, 0.5) is 11.4 Å². The second-order valence-corrected chi connectivity index (χ2v) is 4.69. The van der Waals surface area contributed by atoms with E-state index in [-0.39, 0.29) is 10.6 Å². The van der Waals surface area contributed by atoms with Gasteiger partial charge in [-0.2, -0.15) is 5.10 Å². The fourth-order valence-electron chi connectivity index (χ4n) is 1.44. The molecule has 0 saturated carbocycles. The third kappa shape index (κ3) is 3.15. The molecule has 2 N–H and O–H groups in total. The van der Waals surface area contributed by atoms with Crippen molar-refractivity contribution in [1.29, 1.82) is 0 Å². The number of nitro benzene ring substituents is 1. The van der Waals surface area contributed by atoms with E-state index in [9.17, 15) is 10.1 Å². The van der Waals surface area contributed by atoms with Crippen molar-refractivity contribution in [2.45, 2.75) is 6.42 Å². The Balaban J connectivity index is 1.94. The SMILES string of the molecule is O=[N+]([O-])c1ccc(NCCc2ncn[nH]2)cc1I. The third-order valence-electron chi connectivity index (χ3n) is 2.30. The van der Waals surface area contributed by atoms with Crippen LogP contribution in [0.2, 0.25) is 0 Å². The van der Waals surface area contributed by atoms with Crippen LogP contribution in [0.5, 0.6) is 0 Å². The Bertz CT molecular complexity index is 543. The average molecular weight is 359 g/mol. The summed E-state index contributed by atoms with van der Waals surface area (Å²) in [5.74, 6) is 0.805. The van der Waals surface area contributed by atoms with Crippen LogP contribution in [0.25, 0.3) is 0 Å². The molecule has 7 nitrogen and oxygen atoms in total. The van der Waals surface area contributed by atoms with Crippen molar-refractivity contribution >= 4 is 34.0 Å². The molecular formula is C10H10IN5O2. The summed E-state index contributed by atoms with van der Waals surface area (Å²) in [6.45, 7) is 0.684. The van der Waals surface area contributed by atoms with Crippen molar-refractivity contribution in [3.05, 3.63) is 44.0 Å². The molecule has 0 saturated heterocycles. The Labute approximate surface area is 116 Å². The lowest BCUT2D eigenvalue weighted by molar-refractivity contribution is -0.385. The van der Waals surface area contributed by atoms with Gasteiger partial charge in [0.25, 0.3) is 5.69 Å². The summed E-state index contributed by atoms with van der Waals surface area (Å²) in [5, 5.41) is 20.4. The first-order chi connectivity index (χ1) is 8.66. The highest BCUT2D eigenvalue weighted by Gasteiger charge is 2.11. The monoisotopic (exact) mass is 359 g/mol. The standard InChI is InChI=1S/C10H10IN5O2/c11-8-5-7(1-2-9(8)16(17)18)12-4-3-10-13-6-14-15-10/h1-2,5-6,12H,3-4H2,(H,13,14,15). The first kappa shape index (κ1) is 12.7. The Hall–Kier alpha value is -1.71. The number of nitrogens with zero attached hydrogens (tertiary/aromatic N) is 3. The minimum Gasteiger partial charge on any atom is -0.385 e. The minimum absolute atomic E-state index is 0.122. The molecule has 1 aromatic heterocycles. The van der Waals surface area contributed by atoms with Gasteiger partial charge in [0.05, 0.1) is 8.49 Å². The highest BCUT2D eigenvalue weighted by molar-refractivity contribution is 14.1. The number of benzene rings is 1. The number of aromatic amines is 1. The maximum Gasteiger partial charge on any atom is 0.282 e. The maximum atomic E-state index is 10.7. The lowest BCUT2D eigenvalue weighted by atomic mass is 10.3. The van der Waals surface area contributed by atoms with Gasteiger partial charge in [-0.3, -0.25) is 15.2 Å². The van der Waals surface area contributed by atoms with Crippen LogP contribution in [-0.4, -0.2) is 26.6 Å². The molecule has 0 bridgehead atoms. The van der Waals surface area contributed by atoms with Gasteiger partial charge in [0.15, 0.2) is 0 Å². The predicted octanol–water partition coefficient (Wildman–Crippen LogP) is 1.97. The minimum atomic E-state index is -0.389. The number of anilines is 1. The zero-order chi connectivity index (χ0) is 13.0. The lowest BCUT2D eigenvalue weighted by Gasteiger charge is -2.05. The summed E-state index contributed by atoms with van der Waals surface area (Å²) in [6.07, 6.45) is 2.18. The van der Waals surface area contributed by atoms with Gasteiger partial charge in [-0.1, -0.05) is 0 Å². The summed E-state index contributed by atoms with van der Waals surface area (Å²) < 4.78 is 0.613. The van der Waals surface area contributed by atoms with Crippen molar-refractivity contribution < 1.29 is 4.92 Å². The largest absolute Gasteiger partial charge is 0.385 e. The summed E-state index contributed by atoms with van der Waals surface area (Å²) in [4.78, 5) is 14.3. The fraction of sp³-hybridized carbons (Fsp3) is 0.200. The van der Waals surface area contributed by atoms with E-state index < -0.39 is 0 Å². The summed E-state index contributed by atoms with van der Waals surface area (Å²) in [6, 6.07) is 4.94. The number of hydrogen-bond donors (Lipinski definition) is 2. The molecule has 0 spiro atoms. The molecule has 0 fully saturated rings. The molecule has 1 aromatic carbocycles. The molecule has 8 heteroatoms. The van der Waals surface area contributed by atoms with Gasteiger partial charge in [-0.25, -0.2) is 4.98 Å². The third-order valence-corrected chi connectivity index (χ3v) is 3.16. The van der Waals surface area contributed by atoms with Crippen molar-refractivity contribution in [3.8, 4) is 0 Å². The van der Waals surface area contributed by atoms with Crippen LogP contribution in [-0.2, 0) is 6.42 Å². The molecule has 0 amide bonds. The van der Waals surface area contributed by atoms with Crippen molar-refractivity contribution in [1.82, 2.24) is 15.2 Å². The van der Waals surface area contributed by atoms with Crippen molar-refractivity contribution in [2.75, 3.05) is 11.9 Å². The Kier molecular flexibility index (Phi) is 4.07. The van der Waals surface area contributed by atoms with E-state index in [2.05, 4.69) is 20.5 Å². The van der Waals surface area contributed by atoms with Crippen molar-refractivity contribution in [2.24, 2.45) is 0 Å². The van der Waals surface area contributed by atoms with Crippen LogP contribution in [0.3, 0.4) is 0 Å². The maximum absolute atomic E-state index is 10.7. The van der Waals surface area contributed by atoms with E-state index in [0.717, 1.165) is 11.5 Å². The number of nitro groups is 1. The predicted molar refractivity (Wildman–Crippen MR) is 74.4 cm³/mol. The number of H-pyrrole nitrogens is 1. The number of nitrogens with one attached hydrogen (secondary N) is 2. The van der Waals surface area contributed by atoms with E-state index in [4.69, 9.17) is 0 Å².